The smallest absolute Gasteiger partial charge is 0.303 e. The lowest BCUT2D eigenvalue weighted by Crippen LogP contribution is -2.00. The van der Waals surface area contributed by atoms with Crippen LogP contribution in [0.5, 0.6) is 0 Å². The Kier molecular flexibility index (Phi) is 5.60. The van der Waals surface area contributed by atoms with Crippen molar-refractivity contribution in [1.29, 1.82) is 0 Å². The van der Waals surface area contributed by atoms with Gasteiger partial charge in [0.15, 0.2) is 0 Å². The number of carboxylic acids is 2. The average molecular weight is 200 g/mol. The third-order valence-electron chi connectivity index (χ3n) is 1.99. The van der Waals surface area contributed by atoms with Crippen molar-refractivity contribution in [2.24, 2.45) is 0 Å². The highest BCUT2D eigenvalue weighted by molar-refractivity contribution is 5.68. The summed E-state index contributed by atoms with van der Waals surface area (Å²) >= 11 is 0. The molecule has 0 aliphatic heterocycles. The molecule has 0 spiro atoms. The van der Waals surface area contributed by atoms with Crippen LogP contribution in [-0.4, -0.2) is 22.2 Å². The zero-order valence-corrected chi connectivity index (χ0v) is 8.54. The van der Waals surface area contributed by atoms with Crippen molar-refractivity contribution in [3.8, 4) is 0 Å². The van der Waals surface area contributed by atoms with Gasteiger partial charge in [-0.25, -0.2) is 0 Å². The number of carbonyl (C=O) groups is 2. The Morgan fingerprint density at radius 2 is 1.21 bits per heavy atom. The van der Waals surface area contributed by atoms with Crippen LogP contribution in [-0.2, 0) is 9.59 Å². The molecule has 0 amide bonds. The van der Waals surface area contributed by atoms with E-state index in [1.165, 1.54) is 0 Å². The van der Waals surface area contributed by atoms with Gasteiger partial charge in [-0.15, -0.1) is 0 Å². The number of hydrogen-bond acceptors (Lipinski definition) is 2. The van der Waals surface area contributed by atoms with E-state index in [9.17, 15) is 9.59 Å². The van der Waals surface area contributed by atoms with E-state index in [4.69, 9.17) is 10.2 Å². The van der Waals surface area contributed by atoms with E-state index in [2.05, 4.69) is 0 Å². The molecule has 2 N–H and O–H groups in total. The van der Waals surface area contributed by atoms with Gasteiger partial charge in [-0.05, 0) is 26.7 Å². The van der Waals surface area contributed by atoms with E-state index in [0.29, 0.717) is 12.8 Å². The van der Waals surface area contributed by atoms with Crippen molar-refractivity contribution < 1.29 is 19.8 Å². The Labute approximate surface area is 83.2 Å². The van der Waals surface area contributed by atoms with E-state index in [-0.39, 0.29) is 12.8 Å². The van der Waals surface area contributed by atoms with Gasteiger partial charge in [0, 0.05) is 12.8 Å². The summed E-state index contributed by atoms with van der Waals surface area (Å²) in [6, 6.07) is 0. The molecule has 0 atom stereocenters. The lowest BCUT2D eigenvalue weighted by molar-refractivity contribution is -0.137. The summed E-state index contributed by atoms with van der Waals surface area (Å²) in [7, 11) is 0. The molecule has 0 aromatic heterocycles. The second-order valence-electron chi connectivity index (χ2n) is 3.39. The highest BCUT2D eigenvalue weighted by Crippen LogP contribution is 2.16. The minimum atomic E-state index is -0.848. The summed E-state index contributed by atoms with van der Waals surface area (Å²) < 4.78 is 0. The van der Waals surface area contributed by atoms with Crippen molar-refractivity contribution in [2.75, 3.05) is 0 Å². The molecule has 0 aliphatic carbocycles. The largest absolute Gasteiger partial charge is 0.481 e. The number of allylic oxidation sites excluding steroid dienone is 2. The Morgan fingerprint density at radius 3 is 1.43 bits per heavy atom. The second-order valence-corrected chi connectivity index (χ2v) is 3.39. The van der Waals surface area contributed by atoms with Gasteiger partial charge >= 0.3 is 11.9 Å². The predicted molar refractivity (Wildman–Crippen MR) is 52.1 cm³/mol. The maximum atomic E-state index is 10.3. The molecule has 0 aliphatic rings. The van der Waals surface area contributed by atoms with Crippen molar-refractivity contribution in [1.82, 2.24) is 0 Å². The molecule has 0 bridgehead atoms. The van der Waals surface area contributed by atoms with E-state index in [0.717, 1.165) is 11.1 Å². The number of rotatable bonds is 6. The fourth-order valence-corrected chi connectivity index (χ4v) is 1.14. The van der Waals surface area contributed by atoms with Crippen LogP contribution in [0, 0.1) is 0 Å². The van der Waals surface area contributed by atoms with Crippen LogP contribution in [0.25, 0.3) is 0 Å². The van der Waals surface area contributed by atoms with Crippen molar-refractivity contribution in [2.45, 2.75) is 39.5 Å². The molecule has 0 aromatic rings. The van der Waals surface area contributed by atoms with Gasteiger partial charge in [0.05, 0.1) is 0 Å². The van der Waals surface area contributed by atoms with Crippen LogP contribution in [0.3, 0.4) is 0 Å². The molecule has 0 aromatic carbocycles. The van der Waals surface area contributed by atoms with Crippen LogP contribution in [0.4, 0.5) is 0 Å². The molecule has 4 nitrogen and oxygen atoms in total. The fraction of sp³-hybridized carbons (Fsp3) is 0.600. The van der Waals surface area contributed by atoms with Gasteiger partial charge in [-0.1, -0.05) is 11.1 Å². The lowest BCUT2D eigenvalue weighted by atomic mass is 10.0. The summed E-state index contributed by atoms with van der Waals surface area (Å²) in [4.78, 5) is 20.7. The first-order chi connectivity index (χ1) is 6.43. The first kappa shape index (κ1) is 12.7. The van der Waals surface area contributed by atoms with E-state index >= 15 is 0 Å². The normalized spacial score (nSPS) is 9.57. The molecular formula is C10H16O4. The topological polar surface area (TPSA) is 74.6 Å². The summed E-state index contributed by atoms with van der Waals surface area (Å²) in [5, 5.41) is 17.0. The molecule has 0 radical (unpaired) electrons. The highest BCUT2D eigenvalue weighted by atomic mass is 16.4. The zero-order valence-electron chi connectivity index (χ0n) is 8.54. The van der Waals surface area contributed by atoms with Crippen LogP contribution < -0.4 is 0 Å². The molecule has 4 heteroatoms. The van der Waals surface area contributed by atoms with Crippen molar-refractivity contribution >= 4 is 11.9 Å². The Morgan fingerprint density at radius 1 is 0.857 bits per heavy atom. The summed E-state index contributed by atoms with van der Waals surface area (Å²) in [5.41, 5.74) is 1.96. The maximum Gasteiger partial charge on any atom is 0.303 e. The minimum Gasteiger partial charge on any atom is -0.481 e. The van der Waals surface area contributed by atoms with E-state index < -0.39 is 11.9 Å². The Bertz CT molecular complexity index is 229. The van der Waals surface area contributed by atoms with E-state index in [1.54, 1.807) is 0 Å². The van der Waals surface area contributed by atoms with Crippen LogP contribution >= 0.6 is 0 Å². The monoisotopic (exact) mass is 200 g/mol. The summed E-state index contributed by atoms with van der Waals surface area (Å²) in [5.74, 6) is -1.70. The van der Waals surface area contributed by atoms with Crippen LogP contribution in [0.15, 0.2) is 11.1 Å². The highest BCUT2D eigenvalue weighted by Gasteiger charge is 2.06. The third kappa shape index (κ3) is 6.22. The van der Waals surface area contributed by atoms with Crippen molar-refractivity contribution in [3.63, 3.8) is 0 Å². The minimum absolute atomic E-state index is 0.0696. The molecule has 0 rings (SSSR count). The van der Waals surface area contributed by atoms with E-state index in [1.807, 2.05) is 13.8 Å². The zero-order chi connectivity index (χ0) is 11.1. The maximum absolute atomic E-state index is 10.3. The molecule has 14 heavy (non-hydrogen) atoms. The number of aliphatic carboxylic acids is 2. The first-order valence-corrected chi connectivity index (χ1v) is 4.52. The number of hydrogen-bond donors (Lipinski definition) is 2. The first-order valence-electron chi connectivity index (χ1n) is 4.52. The van der Waals surface area contributed by atoms with Crippen LogP contribution in [0.1, 0.15) is 39.5 Å². The standard InChI is InChI=1S/C10H16O4/c1-7(2)8(3-5-9(11)12)4-6-10(13)14/h3-6H2,1-2H3,(H,11,12)(H,13,14). The van der Waals surface area contributed by atoms with Crippen molar-refractivity contribution in [3.05, 3.63) is 11.1 Å². The summed E-state index contributed by atoms with van der Waals surface area (Å²) in [6.07, 6.45) is 1.04. The van der Waals surface area contributed by atoms with Crippen LogP contribution in [0.2, 0.25) is 0 Å². The quantitative estimate of drug-likeness (QED) is 0.643. The predicted octanol–water partition coefficient (Wildman–Crippen LogP) is 2.05. The molecule has 0 saturated carbocycles. The third-order valence-corrected chi connectivity index (χ3v) is 1.99. The van der Waals surface area contributed by atoms with Gasteiger partial charge < -0.3 is 10.2 Å². The Hall–Kier alpha value is -1.32. The molecular weight excluding hydrogens is 184 g/mol. The average Bonchev–Trinajstić information content (AvgIpc) is 2.02. The Balaban J connectivity index is 4.12. The number of carboxylic acid groups (broad SMARTS) is 2. The molecule has 0 unspecified atom stereocenters. The molecule has 80 valence electrons. The van der Waals surface area contributed by atoms with Gasteiger partial charge in [0.2, 0.25) is 0 Å². The molecule has 0 saturated heterocycles. The molecule has 0 heterocycles. The van der Waals surface area contributed by atoms with Gasteiger partial charge in [0.1, 0.15) is 0 Å². The SMILES string of the molecule is CC(C)=C(CCC(=O)O)CCC(=O)O. The van der Waals surface area contributed by atoms with Gasteiger partial charge in [-0.3, -0.25) is 9.59 Å². The molecule has 0 fully saturated rings. The second kappa shape index (κ2) is 6.18. The fourth-order valence-electron chi connectivity index (χ4n) is 1.14. The lowest BCUT2D eigenvalue weighted by Gasteiger charge is -2.06. The van der Waals surface area contributed by atoms with Gasteiger partial charge in [0.25, 0.3) is 0 Å². The van der Waals surface area contributed by atoms with Gasteiger partial charge in [-0.2, -0.15) is 0 Å². The summed E-state index contributed by atoms with van der Waals surface area (Å²) in [6.45, 7) is 3.75.